The highest BCUT2D eigenvalue weighted by Crippen LogP contribution is 2.24. The topological polar surface area (TPSA) is 30.0 Å². The Morgan fingerprint density at radius 1 is 1.10 bits per heavy atom. The number of benzene rings is 2. The van der Waals surface area contributed by atoms with Crippen molar-refractivity contribution in [2.75, 3.05) is 0 Å². The summed E-state index contributed by atoms with van der Waals surface area (Å²) >= 11 is 5.66. The number of rotatable bonds is 2. The van der Waals surface area contributed by atoms with E-state index in [0.717, 1.165) is 24.6 Å². The molecule has 0 unspecified atom stereocenters. The minimum absolute atomic E-state index is 0.0165. The number of ketones is 1. The molecule has 3 rings (SSSR count). The number of aryl methyl sites for hydroxylation is 1. The summed E-state index contributed by atoms with van der Waals surface area (Å²) in [6.45, 7) is 1.96. The van der Waals surface area contributed by atoms with Crippen molar-refractivity contribution in [2.24, 2.45) is 0 Å². The highest BCUT2D eigenvalue weighted by Gasteiger charge is 2.13. The molecule has 0 aliphatic heterocycles. The normalized spacial score (nSPS) is 10.8. The lowest BCUT2D eigenvalue weighted by atomic mass is 10.0. The van der Waals surface area contributed by atoms with Crippen LogP contribution >= 0.6 is 38.5 Å². The van der Waals surface area contributed by atoms with Gasteiger partial charge < -0.3 is 0 Å². The second kappa shape index (κ2) is 5.85. The van der Waals surface area contributed by atoms with Crippen molar-refractivity contribution < 1.29 is 4.79 Å². The Bertz CT molecular complexity index is 861. The molecule has 0 saturated heterocycles. The molecule has 21 heavy (non-hydrogen) atoms. The zero-order valence-corrected chi connectivity index (χ0v) is 15.0. The summed E-state index contributed by atoms with van der Waals surface area (Å²) < 4.78 is 1.85. The van der Waals surface area contributed by atoms with Gasteiger partial charge in [0.2, 0.25) is 0 Å². The van der Waals surface area contributed by atoms with E-state index in [-0.39, 0.29) is 5.78 Å². The van der Waals surface area contributed by atoms with E-state index in [0.29, 0.717) is 11.1 Å². The van der Waals surface area contributed by atoms with E-state index in [1.807, 2.05) is 55.5 Å². The van der Waals surface area contributed by atoms with Crippen molar-refractivity contribution in [1.82, 2.24) is 4.98 Å². The molecule has 1 aromatic heterocycles. The quantitative estimate of drug-likeness (QED) is 0.398. The van der Waals surface area contributed by atoms with E-state index in [4.69, 9.17) is 0 Å². The summed E-state index contributed by atoms with van der Waals surface area (Å²) in [5, 5.41) is 0.980. The Balaban J connectivity index is 2.09. The fourth-order valence-electron chi connectivity index (χ4n) is 2.20. The fraction of sp³-hybridized carbons (Fsp3) is 0.0588. The third kappa shape index (κ3) is 3.01. The maximum Gasteiger partial charge on any atom is 0.194 e. The lowest BCUT2D eigenvalue weighted by Gasteiger charge is -2.06. The molecule has 0 spiro atoms. The smallest absolute Gasteiger partial charge is 0.194 e. The molecule has 1 heterocycles. The van der Waals surface area contributed by atoms with Crippen LogP contribution in [0.5, 0.6) is 0 Å². The van der Waals surface area contributed by atoms with E-state index in [1.54, 1.807) is 0 Å². The molecule has 0 atom stereocenters. The zero-order valence-electron chi connectivity index (χ0n) is 11.2. The summed E-state index contributed by atoms with van der Waals surface area (Å²) in [6.07, 6.45) is 0. The minimum atomic E-state index is 0.0165. The third-order valence-corrected chi connectivity index (χ3v) is 4.63. The maximum absolute atomic E-state index is 12.7. The van der Waals surface area contributed by atoms with Gasteiger partial charge in [-0.15, -0.1) is 0 Å². The van der Waals surface area contributed by atoms with Crippen molar-refractivity contribution in [3.63, 3.8) is 0 Å². The molecule has 0 aliphatic rings. The number of pyridine rings is 1. The molecular formula is C17H11BrINO. The molecule has 4 heteroatoms. The number of hydrogen-bond donors (Lipinski definition) is 0. The van der Waals surface area contributed by atoms with Crippen LogP contribution in [0.25, 0.3) is 10.9 Å². The van der Waals surface area contributed by atoms with Gasteiger partial charge in [0.25, 0.3) is 0 Å². The number of carbonyl (C=O) groups is 1. The molecule has 0 fully saturated rings. The molecule has 0 saturated carbocycles. The first-order valence-electron chi connectivity index (χ1n) is 6.42. The Morgan fingerprint density at radius 2 is 1.90 bits per heavy atom. The van der Waals surface area contributed by atoms with Crippen LogP contribution in [0.4, 0.5) is 0 Å². The van der Waals surface area contributed by atoms with E-state index >= 15 is 0 Å². The SMILES string of the molecule is Cc1ccc2cc(C(=O)c3cc(I)ccc3Br)ccc2n1. The van der Waals surface area contributed by atoms with Crippen LogP contribution in [-0.2, 0) is 0 Å². The number of aromatic nitrogens is 1. The summed E-state index contributed by atoms with van der Waals surface area (Å²) in [7, 11) is 0. The number of halogens is 2. The largest absolute Gasteiger partial charge is 0.289 e. The third-order valence-electron chi connectivity index (χ3n) is 3.26. The van der Waals surface area contributed by atoms with Crippen molar-refractivity contribution in [2.45, 2.75) is 6.92 Å². The van der Waals surface area contributed by atoms with Gasteiger partial charge in [0.1, 0.15) is 0 Å². The van der Waals surface area contributed by atoms with Crippen LogP contribution in [-0.4, -0.2) is 10.8 Å². The van der Waals surface area contributed by atoms with E-state index in [1.165, 1.54) is 0 Å². The van der Waals surface area contributed by atoms with Crippen molar-refractivity contribution >= 4 is 55.2 Å². The zero-order chi connectivity index (χ0) is 15.0. The number of carbonyl (C=O) groups excluding carboxylic acids is 1. The van der Waals surface area contributed by atoms with E-state index in [9.17, 15) is 4.79 Å². The maximum atomic E-state index is 12.7. The molecule has 0 radical (unpaired) electrons. The Hall–Kier alpha value is -1.27. The van der Waals surface area contributed by atoms with Gasteiger partial charge in [-0.2, -0.15) is 0 Å². The molecule has 0 aliphatic carbocycles. The van der Waals surface area contributed by atoms with Gasteiger partial charge in [-0.1, -0.05) is 22.0 Å². The Labute approximate surface area is 144 Å². The standard InChI is InChI=1S/C17H11BrINO/c1-10-2-3-11-8-12(4-7-16(11)20-10)17(21)14-9-13(19)5-6-15(14)18/h2-9H,1H3. The monoisotopic (exact) mass is 451 g/mol. The van der Waals surface area contributed by atoms with Gasteiger partial charge in [0.05, 0.1) is 5.52 Å². The lowest BCUT2D eigenvalue weighted by Crippen LogP contribution is -2.03. The molecule has 2 nitrogen and oxygen atoms in total. The summed E-state index contributed by atoms with van der Waals surface area (Å²) in [5.74, 6) is 0.0165. The summed E-state index contributed by atoms with van der Waals surface area (Å²) in [5.41, 5.74) is 3.24. The van der Waals surface area contributed by atoms with Gasteiger partial charge in [-0.05, 0) is 72.0 Å². The average molecular weight is 452 g/mol. The van der Waals surface area contributed by atoms with E-state index in [2.05, 4.69) is 43.5 Å². The second-order valence-corrected chi connectivity index (χ2v) is 6.91. The van der Waals surface area contributed by atoms with Gasteiger partial charge >= 0.3 is 0 Å². The summed E-state index contributed by atoms with van der Waals surface area (Å²) in [6, 6.07) is 15.4. The fourth-order valence-corrected chi connectivity index (χ4v) is 3.11. The molecule has 3 aromatic rings. The van der Waals surface area contributed by atoms with Gasteiger partial charge in [-0.3, -0.25) is 9.78 Å². The van der Waals surface area contributed by atoms with Crippen LogP contribution in [0.15, 0.2) is 53.0 Å². The predicted octanol–water partition coefficient (Wildman–Crippen LogP) is 5.14. The molecule has 0 bridgehead atoms. The Kier molecular flexibility index (Phi) is 4.08. The molecular weight excluding hydrogens is 441 g/mol. The first kappa shape index (κ1) is 14.7. The van der Waals surface area contributed by atoms with E-state index < -0.39 is 0 Å². The molecule has 0 N–H and O–H groups in total. The highest BCUT2D eigenvalue weighted by molar-refractivity contribution is 14.1. The van der Waals surface area contributed by atoms with Crippen LogP contribution in [0.3, 0.4) is 0 Å². The summed E-state index contributed by atoms with van der Waals surface area (Å²) in [4.78, 5) is 17.1. The number of hydrogen-bond acceptors (Lipinski definition) is 2. The highest BCUT2D eigenvalue weighted by atomic mass is 127. The molecule has 104 valence electrons. The van der Waals surface area contributed by atoms with Crippen molar-refractivity contribution in [1.29, 1.82) is 0 Å². The average Bonchev–Trinajstić information content (AvgIpc) is 2.48. The predicted molar refractivity (Wildman–Crippen MR) is 96.8 cm³/mol. The van der Waals surface area contributed by atoms with Crippen LogP contribution < -0.4 is 0 Å². The van der Waals surface area contributed by atoms with Gasteiger partial charge in [0, 0.05) is 30.2 Å². The van der Waals surface area contributed by atoms with Crippen LogP contribution in [0.2, 0.25) is 0 Å². The van der Waals surface area contributed by atoms with Crippen molar-refractivity contribution in [3.05, 3.63) is 73.4 Å². The lowest BCUT2D eigenvalue weighted by molar-refractivity contribution is 0.103. The number of nitrogens with zero attached hydrogens (tertiary/aromatic N) is 1. The van der Waals surface area contributed by atoms with Crippen LogP contribution in [0.1, 0.15) is 21.6 Å². The van der Waals surface area contributed by atoms with Crippen molar-refractivity contribution in [3.8, 4) is 0 Å². The second-order valence-electron chi connectivity index (χ2n) is 4.81. The van der Waals surface area contributed by atoms with Crippen LogP contribution in [0, 0.1) is 10.5 Å². The first-order valence-corrected chi connectivity index (χ1v) is 8.29. The van der Waals surface area contributed by atoms with Gasteiger partial charge in [-0.25, -0.2) is 0 Å². The van der Waals surface area contributed by atoms with Gasteiger partial charge in [0.15, 0.2) is 5.78 Å². The number of fused-ring (bicyclic) bond motifs is 1. The molecule has 2 aromatic carbocycles. The molecule has 0 amide bonds. The Morgan fingerprint density at radius 3 is 2.71 bits per heavy atom. The minimum Gasteiger partial charge on any atom is -0.289 e. The first-order chi connectivity index (χ1) is 10.0.